The van der Waals surface area contributed by atoms with Gasteiger partial charge in [0.25, 0.3) is 5.91 Å². The molecule has 140 valence electrons. The van der Waals surface area contributed by atoms with E-state index in [0.29, 0.717) is 22.7 Å². The van der Waals surface area contributed by atoms with E-state index in [1.165, 1.54) is 19.3 Å². The van der Waals surface area contributed by atoms with Gasteiger partial charge in [0, 0.05) is 17.3 Å². The van der Waals surface area contributed by atoms with Gasteiger partial charge >= 0.3 is 0 Å². The largest absolute Gasteiger partial charge is 0.497 e. The average molecular weight is 357 g/mol. The summed E-state index contributed by atoms with van der Waals surface area (Å²) in [7, 11) is 3.11. The van der Waals surface area contributed by atoms with Crippen molar-refractivity contribution in [3.8, 4) is 17.2 Å². The summed E-state index contributed by atoms with van der Waals surface area (Å²) in [5.74, 6) is 1.72. The molecule has 0 fully saturated rings. The van der Waals surface area contributed by atoms with Gasteiger partial charge < -0.3 is 19.5 Å². The lowest BCUT2D eigenvalue weighted by Gasteiger charge is -2.10. The summed E-state index contributed by atoms with van der Waals surface area (Å²) in [4.78, 5) is 12.5. The minimum absolute atomic E-state index is 0.226. The molecule has 0 aromatic heterocycles. The first-order chi connectivity index (χ1) is 12.7. The Labute approximate surface area is 155 Å². The zero-order valence-corrected chi connectivity index (χ0v) is 15.7. The number of nitrogens with one attached hydrogen (secondary N) is 1. The van der Waals surface area contributed by atoms with Crippen molar-refractivity contribution in [2.75, 3.05) is 26.1 Å². The predicted octanol–water partition coefficient (Wildman–Crippen LogP) is 4.92. The first kappa shape index (κ1) is 19.6. The molecule has 5 nitrogen and oxygen atoms in total. The van der Waals surface area contributed by atoms with Crippen molar-refractivity contribution in [2.24, 2.45) is 0 Å². The summed E-state index contributed by atoms with van der Waals surface area (Å²) < 4.78 is 16.1. The monoisotopic (exact) mass is 357 g/mol. The van der Waals surface area contributed by atoms with Gasteiger partial charge in [0.2, 0.25) is 0 Å². The SMILES string of the molecule is CCCCCCOc1ccc(NC(=O)c2cc(OC)cc(OC)c2)cc1. The van der Waals surface area contributed by atoms with E-state index in [4.69, 9.17) is 14.2 Å². The van der Waals surface area contributed by atoms with Crippen molar-refractivity contribution in [2.45, 2.75) is 32.6 Å². The van der Waals surface area contributed by atoms with Crippen LogP contribution in [0.2, 0.25) is 0 Å². The van der Waals surface area contributed by atoms with Crippen LogP contribution < -0.4 is 19.5 Å². The Morgan fingerprint density at radius 1 is 0.885 bits per heavy atom. The van der Waals surface area contributed by atoms with Gasteiger partial charge in [0.1, 0.15) is 17.2 Å². The highest BCUT2D eigenvalue weighted by Gasteiger charge is 2.10. The van der Waals surface area contributed by atoms with Crippen LogP contribution in [0.3, 0.4) is 0 Å². The summed E-state index contributed by atoms with van der Waals surface area (Å²) >= 11 is 0. The van der Waals surface area contributed by atoms with Crippen molar-refractivity contribution >= 4 is 11.6 Å². The molecule has 1 amide bonds. The molecule has 0 saturated carbocycles. The molecule has 0 aliphatic heterocycles. The molecule has 0 aliphatic rings. The van der Waals surface area contributed by atoms with Crippen LogP contribution in [0.5, 0.6) is 17.2 Å². The minimum Gasteiger partial charge on any atom is -0.497 e. The minimum atomic E-state index is -0.226. The molecule has 0 heterocycles. The summed E-state index contributed by atoms with van der Waals surface area (Å²) in [5.41, 5.74) is 1.17. The number of carbonyl (C=O) groups excluding carboxylic acids is 1. The van der Waals surface area contributed by atoms with Crippen molar-refractivity contribution in [1.29, 1.82) is 0 Å². The fraction of sp³-hybridized carbons (Fsp3) is 0.381. The van der Waals surface area contributed by atoms with E-state index in [-0.39, 0.29) is 5.91 Å². The van der Waals surface area contributed by atoms with Crippen molar-refractivity contribution in [1.82, 2.24) is 0 Å². The Hall–Kier alpha value is -2.69. The van der Waals surface area contributed by atoms with Gasteiger partial charge in [-0.3, -0.25) is 4.79 Å². The van der Waals surface area contributed by atoms with E-state index < -0.39 is 0 Å². The number of unbranched alkanes of at least 4 members (excludes halogenated alkanes) is 3. The molecule has 5 heteroatoms. The Morgan fingerprint density at radius 2 is 1.54 bits per heavy atom. The maximum atomic E-state index is 12.5. The van der Waals surface area contributed by atoms with E-state index >= 15 is 0 Å². The molecular formula is C21H27NO4. The van der Waals surface area contributed by atoms with Gasteiger partial charge in [-0.25, -0.2) is 0 Å². The number of carbonyl (C=O) groups is 1. The Bertz CT molecular complexity index is 675. The third-order valence-corrected chi connectivity index (χ3v) is 3.99. The molecule has 0 unspecified atom stereocenters. The first-order valence-electron chi connectivity index (χ1n) is 8.93. The van der Waals surface area contributed by atoms with Crippen LogP contribution in [-0.2, 0) is 0 Å². The fourth-order valence-corrected chi connectivity index (χ4v) is 2.50. The third kappa shape index (κ3) is 5.99. The standard InChI is InChI=1S/C21H27NO4/c1-4-5-6-7-12-26-18-10-8-17(9-11-18)22-21(23)16-13-19(24-2)15-20(14-16)25-3/h8-11,13-15H,4-7,12H2,1-3H3,(H,22,23). The molecular weight excluding hydrogens is 330 g/mol. The maximum Gasteiger partial charge on any atom is 0.255 e. The van der Waals surface area contributed by atoms with E-state index in [2.05, 4.69) is 12.2 Å². The van der Waals surface area contributed by atoms with Crippen molar-refractivity contribution in [3.63, 3.8) is 0 Å². The van der Waals surface area contributed by atoms with Gasteiger partial charge in [-0.05, 0) is 42.8 Å². The van der Waals surface area contributed by atoms with Crippen molar-refractivity contribution in [3.05, 3.63) is 48.0 Å². The number of amides is 1. The molecule has 0 aliphatic carbocycles. The second kappa shape index (κ2) is 10.3. The van der Waals surface area contributed by atoms with E-state index in [0.717, 1.165) is 18.8 Å². The van der Waals surface area contributed by atoms with Crippen LogP contribution in [0.4, 0.5) is 5.69 Å². The highest BCUT2D eigenvalue weighted by atomic mass is 16.5. The van der Waals surface area contributed by atoms with Crippen LogP contribution in [-0.4, -0.2) is 26.7 Å². The van der Waals surface area contributed by atoms with Crippen LogP contribution in [0.25, 0.3) is 0 Å². The Kier molecular flexibility index (Phi) is 7.80. The Morgan fingerprint density at radius 3 is 2.12 bits per heavy atom. The topological polar surface area (TPSA) is 56.8 Å². The molecule has 26 heavy (non-hydrogen) atoms. The van der Waals surface area contributed by atoms with Gasteiger partial charge in [-0.2, -0.15) is 0 Å². The average Bonchev–Trinajstić information content (AvgIpc) is 2.68. The molecule has 0 radical (unpaired) electrons. The van der Waals surface area contributed by atoms with Gasteiger partial charge in [-0.15, -0.1) is 0 Å². The van der Waals surface area contributed by atoms with E-state index in [1.807, 2.05) is 24.3 Å². The summed E-state index contributed by atoms with van der Waals surface area (Å²) in [5, 5.41) is 2.87. The second-order valence-corrected chi connectivity index (χ2v) is 5.99. The molecule has 0 spiro atoms. The molecule has 2 aromatic carbocycles. The third-order valence-electron chi connectivity index (χ3n) is 3.99. The van der Waals surface area contributed by atoms with E-state index in [1.54, 1.807) is 32.4 Å². The summed E-state index contributed by atoms with van der Waals surface area (Å²) in [6, 6.07) is 12.5. The lowest BCUT2D eigenvalue weighted by atomic mass is 10.1. The number of benzene rings is 2. The number of anilines is 1. The number of hydrogen-bond donors (Lipinski definition) is 1. The van der Waals surface area contributed by atoms with Crippen LogP contribution >= 0.6 is 0 Å². The van der Waals surface area contributed by atoms with Gasteiger partial charge in [0.05, 0.1) is 20.8 Å². The molecule has 0 bridgehead atoms. The van der Waals surface area contributed by atoms with E-state index in [9.17, 15) is 4.79 Å². The lowest BCUT2D eigenvalue weighted by molar-refractivity contribution is 0.102. The molecule has 2 aromatic rings. The molecule has 0 atom stereocenters. The predicted molar refractivity (Wildman–Crippen MR) is 104 cm³/mol. The molecule has 2 rings (SSSR count). The first-order valence-corrected chi connectivity index (χ1v) is 8.93. The lowest BCUT2D eigenvalue weighted by Crippen LogP contribution is -2.12. The quantitative estimate of drug-likeness (QED) is 0.614. The van der Waals surface area contributed by atoms with Gasteiger partial charge in [-0.1, -0.05) is 26.2 Å². The summed E-state index contributed by atoms with van der Waals surface area (Å²) in [6.45, 7) is 2.91. The Balaban J connectivity index is 1.93. The molecule has 1 N–H and O–H groups in total. The van der Waals surface area contributed by atoms with Gasteiger partial charge in [0.15, 0.2) is 0 Å². The number of methoxy groups -OCH3 is 2. The number of rotatable bonds is 10. The highest BCUT2D eigenvalue weighted by Crippen LogP contribution is 2.23. The maximum absolute atomic E-state index is 12.5. The fourth-order valence-electron chi connectivity index (χ4n) is 2.50. The van der Waals surface area contributed by atoms with Crippen LogP contribution in [0.15, 0.2) is 42.5 Å². The second-order valence-electron chi connectivity index (χ2n) is 5.99. The normalized spacial score (nSPS) is 10.3. The van der Waals surface area contributed by atoms with Crippen LogP contribution in [0.1, 0.15) is 43.0 Å². The zero-order valence-electron chi connectivity index (χ0n) is 15.7. The highest BCUT2D eigenvalue weighted by molar-refractivity contribution is 6.04. The summed E-state index contributed by atoms with van der Waals surface area (Å²) in [6.07, 6.45) is 4.70. The smallest absolute Gasteiger partial charge is 0.255 e. The number of ether oxygens (including phenoxy) is 3. The number of hydrogen-bond acceptors (Lipinski definition) is 4. The zero-order chi connectivity index (χ0) is 18.8. The molecule has 0 saturated heterocycles. The van der Waals surface area contributed by atoms with Crippen LogP contribution in [0, 0.1) is 0 Å². The van der Waals surface area contributed by atoms with Crippen molar-refractivity contribution < 1.29 is 19.0 Å².